The Labute approximate surface area is 179 Å². The Bertz CT molecular complexity index is 770. The molecule has 1 heterocycles. The predicted molar refractivity (Wildman–Crippen MR) is 116 cm³/mol. The molecule has 2 aliphatic carbocycles. The zero-order valence-corrected chi connectivity index (χ0v) is 18.3. The van der Waals surface area contributed by atoms with Gasteiger partial charge in [-0.2, -0.15) is 0 Å². The monoisotopic (exact) mass is 417 g/mol. The molecule has 0 saturated heterocycles. The molecule has 2 fully saturated rings. The molecule has 1 amide bonds. The van der Waals surface area contributed by atoms with E-state index in [1.165, 1.54) is 24.3 Å². The molecule has 8 nitrogen and oxygen atoms in total. The van der Waals surface area contributed by atoms with Crippen LogP contribution in [0.5, 0.6) is 5.75 Å². The smallest absolute Gasteiger partial charge is 0.407 e. The van der Waals surface area contributed by atoms with Crippen LogP contribution in [0.4, 0.5) is 4.79 Å². The zero-order chi connectivity index (χ0) is 21.7. The van der Waals surface area contributed by atoms with E-state index in [1.807, 2.05) is 26.0 Å². The number of nitrogens with one attached hydrogen (secondary N) is 1. The fourth-order valence-electron chi connectivity index (χ4n) is 3.77. The summed E-state index contributed by atoms with van der Waals surface area (Å²) in [4.78, 5) is 16.7. The van der Waals surface area contributed by atoms with E-state index in [4.69, 9.17) is 21.1 Å². The number of nitrogens with zero attached hydrogens (tertiary/aromatic N) is 2. The van der Waals surface area contributed by atoms with E-state index in [9.17, 15) is 4.79 Å². The molecule has 1 unspecified atom stereocenters. The minimum Gasteiger partial charge on any atom is -0.489 e. The molecule has 8 heteroatoms. The van der Waals surface area contributed by atoms with E-state index >= 15 is 0 Å². The van der Waals surface area contributed by atoms with Crippen molar-refractivity contribution in [3.8, 4) is 5.75 Å². The number of aromatic nitrogens is 1. The van der Waals surface area contributed by atoms with Gasteiger partial charge >= 0.3 is 6.09 Å². The van der Waals surface area contributed by atoms with E-state index in [2.05, 4.69) is 10.3 Å². The Morgan fingerprint density at radius 2 is 1.97 bits per heavy atom. The molecule has 1 atom stereocenters. The highest BCUT2D eigenvalue weighted by Gasteiger charge is 2.30. The number of amides is 1. The molecule has 0 aliphatic heterocycles. The molecule has 0 spiro atoms. The van der Waals surface area contributed by atoms with Crippen LogP contribution in [0.15, 0.2) is 17.8 Å². The van der Waals surface area contributed by atoms with Crippen molar-refractivity contribution in [1.82, 2.24) is 15.3 Å². The highest BCUT2D eigenvalue weighted by Crippen LogP contribution is 2.34. The number of hydrogen-bond acceptors (Lipinski definition) is 7. The summed E-state index contributed by atoms with van der Waals surface area (Å²) in [5.41, 5.74) is 8.69. The van der Waals surface area contributed by atoms with Gasteiger partial charge in [0.1, 0.15) is 11.9 Å². The van der Waals surface area contributed by atoms with Crippen molar-refractivity contribution in [2.24, 2.45) is 17.5 Å². The van der Waals surface area contributed by atoms with Crippen LogP contribution in [-0.2, 0) is 4.74 Å². The SMILES string of the molecule is Cc1nc(/C(N)=C(\CNC(=O)OC(C)C2CC2)N(C)N)ccc1OC1CCCCC1. The van der Waals surface area contributed by atoms with Gasteiger partial charge in [-0.25, -0.2) is 15.6 Å². The van der Waals surface area contributed by atoms with E-state index in [-0.39, 0.29) is 18.8 Å². The van der Waals surface area contributed by atoms with E-state index in [0.717, 1.165) is 37.1 Å². The van der Waals surface area contributed by atoms with Crippen molar-refractivity contribution in [1.29, 1.82) is 0 Å². The van der Waals surface area contributed by atoms with Crippen molar-refractivity contribution in [2.75, 3.05) is 13.6 Å². The predicted octanol–water partition coefficient (Wildman–Crippen LogP) is 3.06. The zero-order valence-electron chi connectivity index (χ0n) is 18.3. The molecule has 1 aromatic rings. The van der Waals surface area contributed by atoms with E-state index < -0.39 is 6.09 Å². The Morgan fingerprint density at radius 1 is 1.27 bits per heavy atom. The van der Waals surface area contributed by atoms with Gasteiger partial charge in [0, 0.05) is 7.05 Å². The highest BCUT2D eigenvalue weighted by atomic mass is 16.6. The second kappa shape index (κ2) is 10.0. The minimum atomic E-state index is -0.470. The number of hydrogen-bond donors (Lipinski definition) is 3. The highest BCUT2D eigenvalue weighted by molar-refractivity contribution is 5.69. The van der Waals surface area contributed by atoms with Crippen molar-refractivity contribution in [3.63, 3.8) is 0 Å². The number of carbonyl (C=O) groups is 1. The lowest BCUT2D eigenvalue weighted by Crippen LogP contribution is -2.37. The van der Waals surface area contributed by atoms with Crippen LogP contribution >= 0.6 is 0 Å². The topological polar surface area (TPSA) is 116 Å². The number of carbonyl (C=O) groups excluding carboxylic acids is 1. The maximum atomic E-state index is 12.1. The summed E-state index contributed by atoms with van der Waals surface area (Å²) in [6.45, 7) is 3.98. The number of hydrazine groups is 1. The van der Waals surface area contributed by atoms with Crippen molar-refractivity contribution < 1.29 is 14.3 Å². The quantitative estimate of drug-likeness (QED) is 0.440. The maximum Gasteiger partial charge on any atom is 0.407 e. The van der Waals surface area contributed by atoms with Gasteiger partial charge in [0.15, 0.2) is 0 Å². The van der Waals surface area contributed by atoms with Crippen LogP contribution in [-0.4, -0.2) is 41.9 Å². The number of likely N-dealkylation sites (N-methyl/N-ethyl adjacent to an activating group) is 1. The van der Waals surface area contributed by atoms with Gasteiger partial charge in [-0.15, -0.1) is 0 Å². The number of pyridine rings is 1. The maximum absolute atomic E-state index is 12.1. The fraction of sp³-hybridized carbons (Fsp3) is 0.636. The van der Waals surface area contributed by atoms with Crippen LogP contribution in [0.2, 0.25) is 0 Å². The first-order chi connectivity index (χ1) is 14.3. The van der Waals surface area contributed by atoms with E-state index in [1.54, 1.807) is 7.05 Å². The molecule has 0 bridgehead atoms. The van der Waals surface area contributed by atoms with E-state index in [0.29, 0.717) is 23.0 Å². The normalized spacial score (nSPS) is 18.9. The van der Waals surface area contributed by atoms with Gasteiger partial charge in [0.25, 0.3) is 0 Å². The number of nitrogens with two attached hydrogens (primary N) is 2. The molecule has 166 valence electrons. The summed E-state index contributed by atoms with van der Waals surface area (Å²) in [6.07, 6.45) is 7.84. The van der Waals surface area contributed by atoms with Gasteiger partial charge in [-0.1, -0.05) is 6.42 Å². The van der Waals surface area contributed by atoms with Gasteiger partial charge in [-0.3, -0.25) is 0 Å². The molecule has 0 radical (unpaired) electrons. The van der Waals surface area contributed by atoms with Crippen LogP contribution in [0.25, 0.3) is 5.70 Å². The summed E-state index contributed by atoms with van der Waals surface area (Å²) in [5.74, 6) is 7.23. The molecule has 30 heavy (non-hydrogen) atoms. The second-order valence-corrected chi connectivity index (χ2v) is 8.43. The average Bonchev–Trinajstić information content (AvgIpc) is 3.55. The molecular weight excluding hydrogens is 382 g/mol. The Kier molecular flexibility index (Phi) is 7.42. The first kappa shape index (κ1) is 22.2. The first-order valence-corrected chi connectivity index (χ1v) is 10.9. The molecule has 3 rings (SSSR count). The second-order valence-electron chi connectivity index (χ2n) is 8.43. The summed E-state index contributed by atoms with van der Waals surface area (Å²) in [5, 5.41) is 4.13. The number of alkyl carbamates (subject to hydrolysis) is 1. The number of aryl methyl sites for hydroxylation is 1. The summed E-state index contributed by atoms with van der Waals surface area (Å²) >= 11 is 0. The molecule has 2 aliphatic rings. The third-order valence-corrected chi connectivity index (χ3v) is 5.87. The number of ether oxygens (including phenoxy) is 2. The van der Waals surface area contributed by atoms with Crippen LogP contribution in [0, 0.1) is 12.8 Å². The molecule has 1 aromatic heterocycles. The van der Waals surface area contributed by atoms with Crippen LogP contribution in [0.1, 0.15) is 63.3 Å². The fourth-order valence-corrected chi connectivity index (χ4v) is 3.77. The lowest BCUT2D eigenvalue weighted by atomic mass is 9.98. The third kappa shape index (κ3) is 6.01. The minimum absolute atomic E-state index is 0.0774. The van der Waals surface area contributed by atoms with Crippen molar-refractivity contribution in [2.45, 2.75) is 71.0 Å². The van der Waals surface area contributed by atoms with Gasteiger partial charge < -0.3 is 25.5 Å². The van der Waals surface area contributed by atoms with Crippen LogP contribution in [0.3, 0.4) is 0 Å². The summed E-state index contributed by atoms with van der Waals surface area (Å²) < 4.78 is 11.5. The summed E-state index contributed by atoms with van der Waals surface area (Å²) in [6, 6.07) is 3.74. The lowest BCUT2D eigenvalue weighted by molar-refractivity contribution is 0.0957. The largest absolute Gasteiger partial charge is 0.489 e. The van der Waals surface area contributed by atoms with Gasteiger partial charge in [0.2, 0.25) is 0 Å². The first-order valence-electron chi connectivity index (χ1n) is 10.9. The lowest BCUT2D eigenvalue weighted by Gasteiger charge is -2.24. The van der Waals surface area contributed by atoms with Crippen LogP contribution < -0.4 is 21.6 Å². The molecule has 5 N–H and O–H groups in total. The molecule has 2 saturated carbocycles. The third-order valence-electron chi connectivity index (χ3n) is 5.87. The Hall–Kier alpha value is -2.48. The van der Waals surface area contributed by atoms with Crippen molar-refractivity contribution >= 4 is 11.8 Å². The Morgan fingerprint density at radius 3 is 2.57 bits per heavy atom. The standard InChI is InChI=1S/C22H35N5O3/c1-14-20(30-17-7-5-4-6-8-17)12-11-18(26-14)21(23)19(27(3)24)13-25-22(28)29-15(2)16-9-10-16/h11-12,15-17H,4-10,13,23-24H2,1-3H3,(H,25,28)/b21-19-. The Balaban J connectivity index is 1.65. The van der Waals surface area contributed by atoms with Gasteiger partial charge in [0.05, 0.1) is 35.4 Å². The summed E-state index contributed by atoms with van der Waals surface area (Å²) in [7, 11) is 1.68. The average molecular weight is 418 g/mol. The molecular formula is C22H35N5O3. The van der Waals surface area contributed by atoms with Crippen molar-refractivity contribution in [3.05, 3.63) is 29.2 Å². The van der Waals surface area contributed by atoms with Gasteiger partial charge in [-0.05, 0) is 70.4 Å². The number of rotatable bonds is 8. The molecule has 0 aromatic carbocycles.